The highest BCUT2D eigenvalue weighted by atomic mass is 16.6. The largest absolute Gasteiger partial charge is 0.497 e. The number of rotatable bonds is 6. The summed E-state index contributed by atoms with van der Waals surface area (Å²) >= 11 is 0. The molecule has 2 rings (SSSR count). The summed E-state index contributed by atoms with van der Waals surface area (Å²) < 4.78 is 10.3. The van der Waals surface area contributed by atoms with E-state index in [1.807, 2.05) is 0 Å². The van der Waals surface area contributed by atoms with Gasteiger partial charge in [-0.3, -0.25) is 14.9 Å². The SMILES string of the molecule is COc1ccc(OC)c(C=NNC(=O)c2ccc([N+](=O)[O-])cc2)c1. The van der Waals surface area contributed by atoms with Crippen molar-refractivity contribution in [2.24, 2.45) is 5.10 Å². The van der Waals surface area contributed by atoms with E-state index in [1.165, 1.54) is 37.6 Å². The first-order valence-electron chi connectivity index (χ1n) is 6.85. The van der Waals surface area contributed by atoms with Crippen LogP contribution >= 0.6 is 0 Å². The van der Waals surface area contributed by atoms with Crippen molar-refractivity contribution in [3.63, 3.8) is 0 Å². The molecule has 0 spiro atoms. The predicted octanol–water partition coefficient (Wildman–Crippen LogP) is 2.38. The number of carbonyl (C=O) groups is 1. The van der Waals surface area contributed by atoms with Crippen LogP contribution in [0.25, 0.3) is 0 Å². The summed E-state index contributed by atoms with van der Waals surface area (Å²) in [6.45, 7) is 0. The molecule has 0 saturated carbocycles. The van der Waals surface area contributed by atoms with E-state index in [9.17, 15) is 14.9 Å². The Bertz CT molecular complexity index is 772. The number of hydrogen-bond acceptors (Lipinski definition) is 6. The molecule has 2 aromatic carbocycles. The summed E-state index contributed by atoms with van der Waals surface area (Å²) in [6, 6.07) is 10.4. The van der Waals surface area contributed by atoms with E-state index in [4.69, 9.17) is 9.47 Å². The van der Waals surface area contributed by atoms with Gasteiger partial charge in [0.2, 0.25) is 0 Å². The lowest BCUT2D eigenvalue weighted by Crippen LogP contribution is -2.17. The zero-order valence-corrected chi connectivity index (χ0v) is 13.1. The van der Waals surface area contributed by atoms with Gasteiger partial charge in [0, 0.05) is 23.3 Å². The van der Waals surface area contributed by atoms with Crippen LogP contribution in [0.3, 0.4) is 0 Å². The van der Waals surface area contributed by atoms with Crippen molar-refractivity contribution in [2.45, 2.75) is 0 Å². The van der Waals surface area contributed by atoms with Crippen LogP contribution < -0.4 is 14.9 Å². The third-order valence-corrected chi connectivity index (χ3v) is 3.15. The molecule has 0 unspecified atom stereocenters. The predicted molar refractivity (Wildman–Crippen MR) is 87.7 cm³/mol. The lowest BCUT2D eigenvalue weighted by atomic mass is 10.2. The van der Waals surface area contributed by atoms with Gasteiger partial charge in [0.25, 0.3) is 11.6 Å². The summed E-state index contributed by atoms with van der Waals surface area (Å²) in [5.41, 5.74) is 3.15. The smallest absolute Gasteiger partial charge is 0.271 e. The maximum atomic E-state index is 11.9. The molecule has 124 valence electrons. The molecule has 0 saturated heterocycles. The number of carbonyl (C=O) groups excluding carboxylic acids is 1. The molecule has 0 fully saturated rings. The van der Waals surface area contributed by atoms with Gasteiger partial charge >= 0.3 is 0 Å². The summed E-state index contributed by atoms with van der Waals surface area (Å²) in [7, 11) is 3.06. The third kappa shape index (κ3) is 4.07. The lowest BCUT2D eigenvalue weighted by molar-refractivity contribution is -0.384. The number of ether oxygens (including phenoxy) is 2. The Labute approximate surface area is 137 Å². The highest BCUT2D eigenvalue weighted by Gasteiger charge is 2.09. The van der Waals surface area contributed by atoms with Crippen molar-refractivity contribution in [3.8, 4) is 11.5 Å². The van der Waals surface area contributed by atoms with Gasteiger partial charge in [-0.1, -0.05) is 0 Å². The van der Waals surface area contributed by atoms with Gasteiger partial charge in [-0.05, 0) is 30.3 Å². The van der Waals surface area contributed by atoms with E-state index in [1.54, 1.807) is 25.3 Å². The van der Waals surface area contributed by atoms with Crippen molar-refractivity contribution >= 4 is 17.8 Å². The molecule has 2 aromatic rings. The van der Waals surface area contributed by atoms with Crippen LogP contribution in [0.5, 0.6) is 11.5 Å². The van der Waals surface area contributed by atoms with E-state index in [0.717, 1.165) is 0 Å². The fourth-order valence-electron chi connectivity index (χ4n) is 1.90. The number of hydrazone groups is 1. The molecule has 0 aliphatic heterocycles. The first-order valence-corrected chi connectivity index (χ1v) is 6.85. The van der Waals surface area contributed by atoms with Crippen LogP contribution in [-0.2, 0) is 0 Å². The van der Waals surface area contributed by atoms with Gasteiger partial charge in [0.15, 0.2) is 0 Å². The maximum Gasteiger partial charge on any atom is 0.271 e. The Kier molecular flexibility index (Phi) is 5.45. The Morgan fingerprint density at radius 3 is 2.46 bits per heavy atom. The van der Waals surface area contributed by atoms with E-state index in [2.05, 4.69) is 10.5 Å². The lowest BCUT2D eigenvalue weighted by Gasteiger charge is -2.06. The number of nitro benzene ring substituents is 1. The minimum atomic E-state index is -0.533. The molecule has 8 nitrogen and oxygen atoms in total. The fourth-order valence-corrected chi connectivity index (χ4v) is 1.90. The first kappa shape index (κ1) is 16.9. The Balaban J connectivity index is 2.08. The van der Waals surface area contributed by atoms with Crippen molar-refractivity contribution < 1.29 is 19.2 Å². The van der Waals surface area contributed by atoms with Crippen LogP contribution in [0.1, 0.15) is 15.9 Å². The number of hydrogen-bond donors (Lipinski definition) is 1. The number of nitrogens with one attached hydrogen (secondary N) is 1. The zero-order chi connectivity index (χ0) is 17.5. The molecule has 0 radical (unpaired) electrons. The normalized spacial score (nSPS) is 10.4. The number of nitrogens with zero attached hydrogens (tertiary/aromatic N) is 2. The van der Waals surface area contributed by atoms with Gasteiger partial charge in [-0.15, -0.1) is 0 Å². The average molecular weight is 329 g/mol. The third-order valence-electron chi connectivity index (χ3n) is 3.15. The van der Waals surface area contributed by atoms with Gasteiger partial charge in [0.05, 0.1) is 25.4 Å². The number of non-ortho nitro benzene ring substituents is 1. The van der Waals surface area contributed by atoms with Crippen LogP contribution in [0.15, 0.2) is 47.6 Å². The summed E-state index contributed by atoms with van der Waals surface area (Å²) in [6.07, 6.45) is 1.42. The molecule has 24 heavy (non-hydrogen) atoms. The van der Waals surface area contributed by atoms with Crippen LogP contribution in [-0.4, -0.2) is 31.3 Å². The minimum absolute atomic E-state index is 0.0869. The summed E-state index contributed by atoms with van der Waals surface area (Å²) in [4.78, 5) is 22.0. The second kappa shape index (κ2) is 7.73. The molecule has 0 aliphatic rings. The Morgan fingerprint density at radius 1 is 1.17 bits per heavy atom. The number of nitro groups is 1. The highest BCUT2D eigenvalue weighted by molar-refractivity contribution is 5.95. The second-order valence-electron chi connectivity index (χ2n) is 4.61. The summed E-state index contributed by atoms with van der Waals surface area (Å²) in [5, 5.41) is 14.4. The molecule has 1 N–H and O–H groups in total. The van der Waals surface area contributed by atoms with Crippen LogP contribution in [0.2, 0.25) is 0 Å². The van der Waals surface area contributed by atoms with E-state index >= 15 is 0 Å². The van der Waals surface area contributed by atoms with Crippen molar-refractivity contribution in [3.05, 3.63) is 63.7 Å². The van der Waals surface area contributed by atoms with E-state index in [-0.39, 0.29) is 11.3 Å². The Hall–Kier alpha value is -3.42. The quantitative estimate of drug-likeness (QED) is 0.498. The molecule has 8 heteroatoms. The summed E-state index contributed by atoms with van der Waals surface area (Å²) in [5.74, 6) is 0.714. The van der Waals surface area contributed by atoms with Gasteiger partial charge in [-0.2, -0.15) is 5.10 Å². The number of amides is 1. The van der Waals surface area contributed by atoms with Crippen molar-refractivity contribution in [1.82, 2.24) is 5.43 Å². The molecule has 1 amide bonds. The van der Waals surface area contributed by atoms with Crippen molar-refractivity contribution in [2.75, 3.05) is 14.2 Å². The van der Waals surface area contributed by atoms with Gasteiger partial charge < -0.3 is 9.47 Å². The van der Waals surface area contributed by atoms with E-state index in [0.29, 0.717) is 17.1 Å². The topological polar surface area (TPSA) is 103 Å². The molecule has 0 aromatic heterocycles. The van der Waals surface area contributed by atoms with Gasteiger partial charge in [-0.25, -0.2) is 5.43 Å². The van der Waals surface area contributed by atoms with Crippen molar-refractivity contribution in [1.29, 1.82) is 0 Å². The second-order valence-corrected chi connectivity index (χ2v) is 4.61. The van der Waals surface area contributed by atoms with Crippen LogP contribution in [0, 0.1) is 10.1 Å². The minimum Gasteiger partial charge on any atom is -0.497 e. The van der Waals surface area contributed by atoms with E-state index < -0.39 is 10.8 Å². The molecule has 0 heterocycles. The first-order chi connectivity index (χ1) is 11.5. The monoisotopic (exact) mass is 329 g/mol. The standard InChI is InChI=1S/C16H15N3O5/c1-23-14-7-8-15(24-2)12(9-14)10-17-18-16(20)11-3-5-13(6-4-11)19(21)22/h3-10H,1-2H3,(H,18,20). The molecular weight excluding hydrogens is 314 g/mol. The van der Waals surface area contributed by atoms with Crippen LogP contribution in [0.4, 0.5) is 5.69 Å². The van der Waals surface area contributed by atoms with Gasteiger partial charge in [0.1, 0.15) is 11.5 Å². The zero-order valence-electron chi connectivity index (χ0n) is 13.1. The fraction of sp³-hybridized carbons (Fsp3) is 0.125. The average Bonchev–Trinajstić information content (AvgIpc) is 2.61. The molecule has 0 atom stereocenters. The number of methoxy groups -OCH3 is 2. The maximum absolute atomic E-state index is 11.9. The molecule has 0 bridgehead atoms. The molecular formula is C16H15N3O5. The highest BCUT2D eigenvalue weighted by Crippen LogP contribution is 2.22. The number of benzene rings is 2. The Morgan fingerprint density at radius 2 is 1.88 bits per heavy atom. The molecule has 0 aliphatic carbocycles.